The van der Waals surface area contributed by atoms with E-state index in [1.807, 2.05) is 0 Å². The summed E-state index contributed by atoms with van der Waals surface area (Å²) in [5.74, 6) is -0.871. The summed E-state index contributed by atoms with van der Waals surface area (Å²) < 4.78 is 5.15. The van der Waals surface area contributed by atoms with Crippen molar-refractivity contribution in [3.63, 3.8) is 0 Å². The first-order valence-corrected chi connectivity index (χ1v) is 7.55. The van der Waals surface area contributed by atoms with Gasteiger partial charge in [-0.05, 0) is 17.9 Å². The molecule has 1 aromatic carbocycles. The number of benzene rings is 1. The molecule has 1 atom stereocenters. The van der Waals surface area contributed by atoms with Crippen LogP contribution >= 0.6 is 0 Å². The number of hydrogen-bond acceptors (Lipinski definition) is 4. The van der Waals surface area contributed by atoms with Gasteiger partial charge in [-0.15, -0.1) is 0 Å². The second kappa shape index (κ2) is 6.39. The van der Waals surface area contributed by atoms with Gasteiger partial charge in [0, 0.05) is 12.0 Å². The van der Waals surface area contributed by atoms with E-state index in [4.69, 9.17) is 4.74 Å². The molecule has 0 spiro atoms. The Kier molecular flexibility index (Phi) is 4.78. The largest absolute Gasteiger partial charge is 0.463 e. The summed E-state index contributed by atoms with van der Waals surface area (Å²) in [7, 11) is 0. The van der Waals surface area contributed by atoms with Crippen molar-refractivity contribution in [3.8, 4) is 0 Å². The molecule has 0 aliphatic heterocycles. The zero-order chi connectivity index (χ0) is 15.5. The van der Waals surface area contributed by atoms with Gasteiger partial charge in [0.2, 0.25) is 11.4 Å². The van der Waals surface area contributed by atoms with Crippen LogP contribution in [0.1, 0.15) is 49.0 Å². The maximum absolute atomic E-state index is 12.2. The number of carbonyl (C=O) groups excluding carboxylic acids is 2. The maximum atomic E-state index is 12.2. The average Bonchev–Trinajstić information content (AvgIpc) is 2.76. The Bertz CT molecular complexity index is 533. The molecule has 1 aromatic rings. The molecule has 1 N–H and O–H groups in total. The van der Waals surface area contributed by atoms with Gasteiger partial charge in [0.1, 0.15) is 0 Å². The van der Waals surface area contributed by atoms with Gasteiger partial charge in [0.25, 0.3) is 0 Å². The van der Waals surface area contributed by atoms with Gasteiger partial charge in [-0.2, -0.15) is 0 Å². The monoisotopic (exact) mass is 290 g/mol. The molecule has 0 saturated heterocycles. The number of ketones is 1. The molecule has 0 unspecified atom stereocenters. The van der Waals surface area contributed by atoms with Crippen molar-refractivity contribution in [2.24, 2.45) is 5.92 Å². The molecule has 0 aromatic heterocycles. The quantitative estimate of drug-likeness (QED) is 0.646. The first-order chi connectivity index (χ1) is 10.0. The fourth-order valence-electron chi connectivity index (χ4n) is 2.77. The first kappa shape index (κ1) is 15.7. The van der Waals surface area contributed by atoms with E-state index in [0.29, 0.717) is 17.0 Å². The third kappa shape index (κ3) is 3.00. The second-order valence-corrected chi connectivity index (χ2v) is 5.63. The van der Waals surface area contributed by atoms with E-state index in [9.17, 15) is 14.7 Å². The Morgan fingerprint density at radius 1 is 1.33 bits per heavy atom. The van der Waals surface area contributed by atoms with Gasteiger partial charge >= 0.3 is 5.97 Å². The Hall–Kier alpha value is -1.68. The number of hydrogen-bond donors (Lipinski definition) is 1. The topological polar surface area (TPSA) is 63.6 Å². The first-order valence-electron chi connectivity index (χ1n) is 7.55. The van der Waals surface area contributed by atoms with Crippen LogP contribution in [0.15, 0.2) is 24.3 Å². The van der Waals surface area contributed by atoms with Gasteiger partial charge in [0.15, 0.2) is 0 Å². The lowest BCUT2D eigenvalue weighted by molar-refractivity contribution is -0.160. The highest BCUT2D eigenvalue weighted by Crippen LogP contribution is 2.31. The summed E-state index contributed by atoms with van der Waals surface area (Å²) in [5.41, 5.74) is -0.934. The van der Waals surface area contributed by atoms with Crippen molar-refractivity contribution in [2.75, 3.05) is 6.61 Å². The third-order valence-electron chi connectivity index (χ3n) is 4.34. The normalized spacial score (nSPS) is 20.7. The van der Waals surface area contributed by atoms with Crippen LogP contribution in [0, 0.1) is 5.92 Å². The summed E-state index contributed by atoms with van der Waals surface area (Å²) in [4.78, 5) is 24.3. The van der Waals surface area contributed by atoms with Crippen molar-refractivity contribution in [3.05, 3.63) is 35.4 Å². The maximum Gasteiger partial charge on any atom is 0.346 e. The number of aliphatic hydroxyl groups is 1. The fourth-order valence-corrected chi connectivity index (χ4v) is 2.77. The summed E-state index contributed by atoms with van der Waals surface area (Å²) in [6.45, 7) is 4.44. The van der Waals surface area contributed by atoms with Crippen LogP contribution in [-0.2, 0) is 16.0 Å². The van der Waals surface area contributed by atoms with Gasteiger partial charge in [-0.25, -0.2) is 4.79 Å². The Balaban J connectivity index is 1.99. The highest BCUT2D eigenvalue weighted by atomic mass is 16.6. The van der Waals surface area contributed by atoms with Crippen LogP contribution in [0.5, 0.6) is 0 Å². The van der Waals surface area contributed by atoms with Crippen LogP contribution in [0.4, 0.5) is 0 Å². The molecule has 0 saturated carbocycles. The Morgan fingerprint density at radius 3 is 2.62 bits per heavy atom. The van der Waals surface area contributed by atoms with Crippen LogP contribution in [0.3, 0.4) is 0 Å². The highest BCUT2D eigenvalue weighted by Gasteiger charge is 2.51. The number of ether oxygens (including phenoxy) is 1. The smallest absolute Gasteiger partial charge is 0.346 e. The zero-order valence-electron chi connectivity index (χ0n) is 12.6. The number of carbonyl (C=O) groups is 2. The molecule has 0 amide bonds. The molecule has 4 heteroatoms. The third-order valence-corrected chi connectivity index (χ3v) is 4.34. The van der Waals surface area contributed by atoms with Crippen molar-refractivity contribution < 1.29 is 19.4 Å². The summed E-state index contributed by atoms with van der Waals surface area (Å²) in [5, 5.41) is 10.4. The van der Waals surface area contributed by atoms with Crippen molar-refractivity contribution in [1.82, 2.24) is 0 Å². The van der Waals surface area contributed by atoms with E-state index in [2.05, 4.69) is 13.8 Å². The van der Waals surface area contributed by atoms with Crippen LogP contribution in [0.25, 0.3) is 0 Å². The molecule has 0 heterocycles. The Morgan fingerprint density at radius 2 is 2.00 bits per heavy atom. The van der Waals surface area contributed by atoms with E-state index in [1.54, 1.807) is 24.3 Å². The summed E-state index contributed by atoms with van der Waals surface area (Å²) >= 11 is 0. The minimum atomic E-state index is -2.04. The molecular formula is C17H22O4. The van der Waals surface area contributed by atoms with Crippen molar-refractivity contribution in [1.29, 1.82) is 0 Å². The molecule has 4 nitrogen and oxygen atoms in total. The number of rotatable bonds is 6. The molecule has 114 valence electrons. The summed E-state index contributed by atoms with van der Waals surface area (Å²) in [6.07, 6.45) is 2.83. The van der Waals surface area contributed by atoms with Gasteiger partial charge in [-0.3, -0.25) is 4.79 Å². The van der Waals surface area contributed by atoms with Gasteiger partial charge in [0.05, 0.1) is 6.61 Å². The minimum absolute atomic E-state index is 0.00578. The molecule has 0 fully saturated rings. The zero-order valence-corrected chi connectivity index (χ0v) is 12.6. The van der Waals surface area contributed by atoms with E-state index in [0.717, 1.165) is 19.3 Å². The SMILES string of the molecule is CCC(CC)CCOC(=O)[C@]1(O)Cc2ccccc2C1=O. The lowest BCUT2D eigenvalue weighted by atomic mass is 9.99. The fraction of sp³-hybridized carbons (Fsp3) is 0.529. The summed E-state index contributed by atoms with van der Waals surface area (Å²) in [6, 6.07) is 6.90. The van der Waals surface area contributed by atoms with E-state index in [-0.39, 0.29) is 13.0 Å². The Labute approximate surface area is 125 Å². The van der Waals surface area contributed by atoms with E-state index >= 15 is 0 Å². The van der Waals surface area contributed by atoms with Gasteiger partial charge in [-0.1, -0.05) is 51.0 Å². The highest BCUT2D eigenvalue weighted by molar-refractivity contribution is 6.18. The number of Topliss-reactive ketones (excluding diaryl/α,β-unsaturated/α-hetero) is 1. The minimum Gasteiger partial charge on any atom is -0.463 e. The van der Waals surface area contributed by atoms with Crippen molar-refractivity contribution >= 4 is 11.8 Å². The second-order valence-electron chi connectivity index (χ2n) is 5.63. The molecule has 1 aliphatic rings. The lowest BCUT2D eigenvalue weighted by Gasteiger charge is -2.19. The predicted octanol–water partition coefficient (Wildman–Crippen LogP) is 2.53. The molecule has 1 aliphatic carbocycles. The van der Waals surface area contributed by atoms with Crippen LogP contribution in [-0.4, -0.2) is 29.1 Å². The molecule has 0 radical (unpaired) electrons. The van der Waals surface area contributed by atoms with Crippen molar-refractivity contribution in [2.45, 2.75) is 45.1 Å². The van der Waals surface area contributed by atoms with E-state index in [1.165, 1.54) is 0 Å². The lowest BCUT2D eigenvalue weighted by Crippen LogP contribution is -2.46. The molecule has 21 heavy (non-hydrogen) atoms. The molecular weight excluding hydrogens is 268 g/mol. The van der Waals surface area contributed by atoms with Gasteiger partial charge < -0.3 is 9.84 Å². The molecule has 2 rings (SSSR count). The number of esters is 1. The average molecular weight is 290 g/mol. The number of fused-ring (bicyclic) bond motifs is 1. The van der Waals surface area contributed by atoms with E-state index < -0.39 is 17.4 Å². The predicted molar refractivity (Wildman–Crippen MR) is 79.1 cm³/mol. The van der Waals surface area contributed by atoms with Crippen LogP contribution in [0.2, 0.25) is 0 Å². The molecule has 0 bridgehead atoms. The van der Waals surface area contributed by atoms with Crippen LogP contribution < -0.4 is 0 Å². The standard InChI is InChI=1S/C17H22O4/c1-3-12(4-2)9-10-21-16(19)17(20)11-13-7-5-6-8-14(13)15(17)18/h5-8,12,20H,3-4,9-11H2,1-2H3/t17-/m0/s1.